The van der Waals surface area contributed by atoms with Crippen LogP contribution in [0.5, 0.6) is 5.75 Å². The number of aliphatic imine (C=N–C) groups is 1. The molecule has 0 spiro atoms. The van der Waals surface area contributed by atoms with Gasteiger partial charge in [0.2, 0.25) is 0 Å². The van der Waals surface area contributed by atoms with Crippen molar-refractivity contribution in [2.24, 2.45) is 4.99 Å². The number of benzene rings is 1. The third-order valence-electron chi connectivity index (χ3n) is 2.81. The molecule has 1 aromatic rings. The third-order valence-corrected chi connectivity index (χ3v) is 2.81. The molecule has 0 unspecified atom stereocenters. The quantitative estimate of drug-likeness (QED) is 0.651. The second-order valence-electron chi connectivity index (χ2n) is 4.32. The summed E-state index contributed by atoms with van der Waals surface area (Å²) in [6, 6.07) is 7.07. The van der Waals surface area contributed by atoms with Gasteiger partial charge in [-0.25, -0.2) is 0 Å². The van der Waals surface area contributed by atoms with Crippen molar-refractivity contribution in [1.29, 1.82) is 0 Å². The first-order valence-corrected chi connectivity index (χ1v) is 6.49. The van der Waals surface area contributed by atoms with Crippen LogP contribution in [0.1, 0.15) is 6.92 Å². The summed E-state index contributed by atoms with van der Waals surface area (Å²) in [7, 11) is 0. The van der Waals surface area contributed by atoms with Crippen LogP contribution in [0.15, 0.2) is 29.3 Å². The summed E-state index contributed by atoms with van der Waals surface area (Å²) in [5, 5.41) is 9.55. The molecule has 2 fully saturated rings. The van der Waals surface area contributed by atoms with Gasteiger partial charge < -0.3 is 5.11 Å². The molecule has 0 aliphatic heterocycles. The number of rotatable bonds is 2. The van der Waals surface area contributed by atoms with Crippen LogP contribution in [0.25, 0.3) is 0 Å². The zero-order valence-corrected chi connectivity index (χ0v) is 12.9. The van der Waals surface area contributed by atoms with E-state index < -0.39 is 0 Å². The molecule has 21 heavy (non-hydrogen) atoms. The molecular weight excluding hydrogens is 302 g/mol. The number of hydrogen-bond donors (Lipinski definition) is 1. The van der Waals surface area contributed by atoms with Gasteiger partial charge in [0.25, 0.3) is 0 Å². The molecule has 3 rings (SSSR count). The maximum absolute atomic E-state index is 9.55. The average molecular weight is 319 g/mol. The topological polar surface area (TPSA) is 32.6 Å². The molecule has 1 N–H and O–H groups in total. The van der Waals surface area contributed by atoms with E-state index in [1.165, 1.54) is 0 Å². The number of aromatic hydroxyl groups is 1. The number of phenols is 1. The standard InChI is InChI=1S/C13H12NO.C5H5.Fe/c1-10(11-6-2-3-7-11)14-12-8-4-5-9-13(12)15;1-2-4-5-3-1;/h2-9,15H,1H3;1-5H;/q;;+2. The van der Waals surface area contributed by atoms with E-state index in [0.717, 1.165) is 11.6 Å². The van der Waals surface area contributed by atoms with E-state index in [0.29, 0.717) is 5.69 Å². The molecule has 3 heteroatoms. The molecule has 0 bridgehead atoms. The van der Waals surface area contributed by atoms with Crippen molar-refractivity contribution in [2.75, 3.05) is 0 Å². The minimum Gasteiger partial charge on any atom is -0.506 e. The van der Waals surface area contributed by atoms with Crippen LogP contribution in [0, 0.1) is 63.7 Å². The average Bonchev–Trinajstić information content (AvgIpc) is 3.17. The zero-order valence-electron chi connectivity index (χ0n) is 11.8. The molecule has 10 radical (unpaired) electrons. The fraction of sp³-hybridized carbons (Fsp3) is 0.0556. The summed E-state index contributed by atoms with van der Waals surface area (Å²) < 4.78 is 0. The van der Waals surface area contributed by atoms with E-state index in [4.69, 9.17) is 0 Å². The number of hydrogen-bond acceptors (Lipinski definition) is 2. The Hall–Kier alpha value is -0.791. The summed E-state index contributed by atoms with van der Waals surface area (Å²) in [6.07, 6.45) is 17.9. The first-order valence-electron chi connectivity index (χ1n) is 6.49. The number of para-hydroxylation sites is 2. The Kier molecular flexibility index (Phi) is 8.71. The fourth-order valence-corrected chi connectivity index (χ4v) is 1.74. The largest absolute Gasteiger partial charge is 2.00 e. The molecule has 0 aromatic heterocycles. The van der Waals surface area contributed by atoms with Crippen LogP contribution < -0.4 is 0 Å². The Morgan fingerprint density at radius 2 is 1.38 bits per heavy atom. The Labute approximate surface area is 139 Å². The van der Waals surface area contributed by atoms with E-state index in [-0.39, 0.29) is 22.8 Å². The van der Waals surface area contributed by atoms with E-state index in [1.54, 1.807) is 18.2 Å². The molecule has 2 aliphatic rings. The van der Waals surface area contributed by atoms with Gasteiger partial charge in [0, 0.05) is 11.6 Å². The predicted octanol–water partition coefficient (Wildman–Crippen LogP) is 3.91. The molecule has 106 valence electrons. The Morgan fingerprint density at radius 1 is 0.857 bits per heavy atom. The van der Waals surface area contributed by atoms with E-state index in [9.17, 15) is 5.11 Å². The SMILES string of the molecule is CC(=Nc1ccccc1O)[C]1[CH][CH][CH][CH]1.[CH]1[CH][CH][CH][CH]1.[Fe+2]. The van der Waals surface area contributed by atoms with Gasteiger partial charge in [0.15, 0.2) is 0 Å². The Bertz CT molecular complexity index is 427. The molecular formula is C18H17FeNO+2. The van der Waals surface area contributed by atoms with Gasteiger partial charge in [-0.1, -0.05) is 12.1 Å². The van der Waals surface area contributed by atoms with Crippen LogP contribution >= 0.6 is 0 Å². The van der Waals surface area contributed by atoms with Crippen LogP contribution in [0.4, 0.5) is 5.69 Å². The van der Waals surface area contributed by atoms with Crippen molar-refractivity contribution in [3.63, 3.8) is 0 Å². The van der Waals surface area contributed by atoms with Crippen LogP contribution in [0.3, 0.4) is 0 Å². The van der Waals surface area contributed by atoms with Crippen molar-refractivity contribution in [3.05, 3.63) is 88.0 Å². The smallest absolute Gasteiger partial charge is 0.506 e. The summed E-state index contributed by atoms with van der Waals surface area (Å²) >= 11 is 0. The van der Waals surface area contributed by atoms with Gasteiger partial charge >= 0.3 is 17.1 Å². The van der Waals surface area contributed by atoms with Crippen molar-refractivity contribution in [2.45, 2.75) is 6.92 Å². The van der Waals surface area contributed by atoms with Crippen molar-refractivity contribution in [1.82, 2.24) is 0 Å². The van der Waals surface area contributed by atoms with Gasteiger partial charge in [-0.05, 0) is 76.8 Å². The van der Waals surface area contributed by atoms with Crippen molar-refractivity contribution in [3.8, 4) is 5.75 Å². The summed E-state index contributed by atoms with van der Waals surface area (Å²) in [5.74, 6) is 1.29. The van der Waals surface area contributed by atoms with Crippen molar-refractivity contribution >= 4 is 11.4 Å². The third kappa shape index (κ3) is 6.23. The zero-order chi connectivity index (χ0) is 14.2. The van der Waals surface area contributed by atoms with Gasteiger partial charge in [-0.3, -0.25) is 4.99 Å². The molecule has 0 atom stereocenters. The Morgan fingerprint density at radius 3 is 1.90 bits per heavy atom. The van der Waals surface area contributed by atoms with E-state index in [1.807, 2.05) is 70.8 Å². The van der Waals surface area contributed by atoms with E-state index in [2.05, 4.69) is 4.99 Å². The first kappa shape index (κ1) is 18.3. The van der Waals surface area contributed by atoms with Crippen LogP contribution in [-0.4, -0.2) is 10.8 Å². The monoisotopic (exact) mass is 319 g/mol. The number of phenolic OH excluding ortho intramolecular Hbond substituents is 1. The first-order chi connectivity index (χ1) is 9.77. The maximum atomic E-state index is 9.55. The normalized spacial score (nSPS) is 18.8. The van der Waals surface area contributed by atoms with Crippen LogP contribution in [-0.2, 0) is 17.1 Å². The second-order valence-corrected chi connectivity index (χ2v) is 4.32. The summed E-state index contributed by atoms with van der Waals surface area (Å²) in [5.41, 5.74) is 1.51. The van der Waals surface area contributed by atoms with Crippen molar-refractivity contribution < 1.29 is 22.2 Å². The molecule has 2 aliphatic carbocycles. The minimum atomic E-state index is 0. The van der Waals surface area contributed by atoms with E-state index >= 15 is 0 Å². The molecule has 2 nitrogen and oxygen atoms in total. The summed E-state index contributed by atoms with van der Waals surface area (Å²) in [4.78, 5) is 4.37. The van der Waals surface area contributed by atoms with Gasteiger partial charge in [0.1, 0.15) is 11.4 Å². The Balaban J connectivity index is 0.000000313. The second kappa shape index (κ2) is 10.0. The molecule has 0 amide bonds. The van der Waals surface area contributed by atoms with Gasteiger partial charge in [-0.2, -0.15) is 0 Å². The van der Waals surface area contributed by atoms with Gasteiger partial charge in [0.05, 0.1) is 0 Å². The molecule has 2 saturated carbocycles. The molecule has 0 saturated heterocycles. The fourth-order valence-electron chi connectivity index (χ4n) is 1.74. The number of nitrogens with zero attached hydrogens (tertiary/aromatic N) is 1. The maximum Gasteiger partial charge on any atom is 2.00 e. The molecule has 0 heterocycles. The predicted molar refractivity (Wildman–Crippen MR) is 82.8 cm³/mol. The summed E-state index contributed by atoms with van der Waals surface area (Å²) in [6.45, 7) is 1.93. The van der Waals surface area contributed by atoms with Gasteiger partial charge in [-0.15, -0.1) is 0 Å². The van der Waals surface area contributed by atoms with Crippen LogP contribution in [0.2, 0.25) is 0 Å². The molecule has 1 aromatic carbocycles. The minimum absolute atomic E-state index is 0.